The number of aliphatic hydroxyl groups is 1. The van der Waals surface area contributed by atoms with Crippen molar-refractivity contribution in [1.29, 1.82) is 0 Å². The molecule has 2 heteroatoms. The lowest BCUT2D eigenvalue weighted by molar-refractivity contribution is 0.300. The van der Waals surface area contributed by atoms with Gasteiger partial charge >= 0.3 is 0 Å². The van der Waals surface area contributed by atoms with E-state index >= 15 is 0 Å². The molecule has 0 bridgehead atoms. The van der Waals surface area contributed by atoms with Gasteiger partial charge in [0.1, 0.15) is 5.75 Å². The fourth-order valence-corrected chi connectivity index (χ4v) is 1.96. The minimum Gasteiger partial charge on any atom is -0.494 e. The molecule has 17 heavy (non-hydrogen) atoms. The molecule has 0 unspecified atom stereocenters. The summed E-state index contributed by atoms with van der Waals surface area (Å²) in [6, 6.07) is 12.3. The van der Waals surface area contributed by atoms with Gasteiger partial charge in [0.15, 0.2) is 0 Å². The molecule has 0 aliphatic carbocycles. The summed E-state index contributed by atoms with van der Waals surface area (Å²) in [6.45, 7) is 3.02. The van der Waals surface area contributed by atoms with E-state index in [1.54, 1.807) is 0 Å². The molecule has 2 aromatic rings. The minimum atomic E-state index is 0.180. The zero-order valence-electron chi connectivity index (χ0n) is 10.1. The van der Waals surface area contributed by atoms with E-state index in [1.807, 2.05) is 12.1 Å². The SMILES string of the molecule is CCCOc1ccc2cccc(CCO)c2c1. The van der Waals surface area contributed by atoms with E-state index < -0.39 is 0 Å². The maximum atomic E-state index is 9.06. The van der Waals surface area contributed by atoms with Crippen LogP contribution in [0.5, 0.6) is 5.75 Å². The van der Waals surface area contributed by atoms with Gasteiger partial charge in [-0.1, -0.05) is 31.2 Å². The number of hydrogen-bond donors (Lipinski definition) is 1. The first-order valence-corrected chi connectivity index (χ1v) is 6.10. The fourth-order valence-electron chi connectivity index (χ4n) is 1.96. The summed E-state index contributed by atoms with van der Waals surface area (Å²) < 4.78 is 5.63. The van der Waals surface area contributed by atoms with Gasteiger partial charge in [-0.25, -0.2) is 0 Å². The standard InChI is InChI=1S/C15H18O2/c1-2-10-17-14-7-6-12-4-3-5-13(8-9-16)15(12)11-14/h3-7,11,16H,2,8-10H2,1H3. The van der Waals surface area contributed by atoms with Crippen LogP contribution < -0.4 is 4.74 Å². The second-order valence-electron chi connectivity index (χ2n) is 4.12. The summed E-state index contributed by atoms with van der Waals surface area (Å²) in [4.78, 5) is 0. The van der Waals surface area contributed by atoms with Gasteiger partial charge in [-0.15, -0.1) is 0 Å². The maximum absolute atomic E-state index is 9.06. The molecule has 0 spiro atoms. The van der Waals surface area contributed by atoms with Crippen LogP contribution in [0.1, 0.15) is 18.9 Å². The predicted molar refractivity (Wildman–Crippen MR) is 70.5 cm³/mol. The van der Waals surface area contributed by atoms with Crippen molar-refractivity contribution >= 4 is 10.8 Å². The van der Waals surface area contributed by atoms with Crippen molar-refractivity contribution in [1.82, 2.24) is 0 Å². The number of ether oxygens (including phenoxy) is 1. The molecule has 2 aromatic carbocycles. The fraction of sp³-hybridized carbons (Fsp3) is 0.333. The zero-order valence-corrected chi connectivity index (χ0v) is 10.1. The Balaban J connectivity index is 2.38. The number of fused-ring (bicyclic) bond motifs is 1. The van der Waals surface area contributed by atoms with Crippen LogP contribution in [0.4, 0.5) is 0 Å². The van der Waals surface area contributed by atoms with Crippen molar-refractivity contribution in [2.75, 3.05) is 13.2 Å². The van der Waals surface area contributed by atoms with Crippen LogP contribution in [0.2, 0.25) is 0 Å². The van der Waals surface area contributed by atoms with E-state index in [9.17, 15) is 0 Å². The van der Waals surface area contributed by atoms with Crippen molar-refractivity contribution in [2.45, 2.75) is 19.8 Å². The van der Waals surface area contributed by atoms with Gasteiger partial charge in [0.25, 0.3) is 0 Å². The summed E-state index contributed by atoms with van der Waals surface area (Å²) in [5, 5.41) is 11.4. The first-order valence-electron chi connectivity index (χ1n) is 6.10. The van der Waals surface area contributed by atoms with Crippen molar-refractivity contribution in [3.05, 3.63) is 42.0 Å². The van der Waals surface area contributed by atoms with Gasteiger partial charge in [-0.3, -0.25) is 0 Å². The summed E-state index contributed by atoms with van der Waals surface area (Å²) in [5.41, 5.74) is 1.17. The average Bonchev–Trinajstić information content (AvgIpc) is 2.37. The van der Waals surface area contributed by atoms with E-state index in [0.717, 1.165) is 18.8 Å². The zero-order chi connectivity index (χ0) is 12.1. The van der Waals surface area contributed by atoms with Gasteiger partial charge in [0.2, 0.25) is 0 Å². The molecule has 0 aromatic heterocycles. The van der Waals surface area contributed by atoms with Gasteiger partial charge in [-0.2, -0.15) is 0 Å². The maximum Gasteiger partial charge on any atom is 0.119 e. The van der Waals surface area contributed by atoms with E-state index in [1.165, 1.54) is 16.3 Å². The van der Waals surface area contributed by atoms with Crippen molar-refractivity contribution < 1.29 is 9.84 Å². The number of aliphatic hydroxyl groups excluding tert-OH is 1. The molecule has 1 N–H and O–H groups in total. The Labute approximate surface area is 102 Å². The van der Waals surface area contributed by atoms with Crippen LogP contribution in [0.25, 0.3) is 10.8 Å². The predicted octanol–water partition coefficient (Wildman–Crippen LogP) is 3.16. The van der Waals surface area contributed by atoms with Gasteiger partial charge in [-0.05, 0) is 41.3 Å². The monoisotopic (exact) mass is 230 g/mol. The minimum absolute atomic E-state index is 0.180. The molecule has 0 saturated heterocycles. The first kappa shape index (κ1) is 11.9. The third-order valence-electron chi connectivity index (χ3n) is 2.80. The highest BCUT2D eigenvalue weighted by molar-refractivity contribution is 5.87. The lowest BCUT2D eigenvalue weighted by Gasteiger charge is -2.09. The third-order valence-corrected chi connectivity index (χ3v) is 2.80. The van der Waals surface area contributed by atoms with Gasteiger partial charge in [0.05, 0.1) is 6.61 Å². The van der Waals surface area contributed by atoms with Gasteiger partial charge < -0.3 is 9.84 Å². The van der Waals surface area contributed by atoms with Crippen LogP contribution in [0, 0.1) is 0 Å². The van der Waals surface area contributed by atoms with Crippen molar-refractivity contribution in [2.24, 2.45) is 0 Å². The second-order valence-corrected chi connectivity index (χ2v) is 4.12. The molecule has 90 valence electrons. The molecule has 0 heterocycles. The number of hydrogen-bond acceptors (Lipinski definition) is 2. The topological polar surface area (TPSA) is 29.5 Å². The molecule has 0 aliphatic rings. The molecule has 0 atom stereocenters. The molecule has 0 aliphatic heterocycles. The average molecular weight is 230 g/mol. The van der Waals surface area contributed by atoms with E-state index in [2.05, 4.69) is 31.2 Å². The van der Waals surface area contributed by atoms with Crippen molar-refractivity contribution in [3.63, 3.8) is 0 Å². The van der Waals surface area contributed by atoms with Crippen LogP contribution in [-0.4, -0.2) is 18.3 Å². The molecule has 0 radical (unpaired) electrons. The van der Waals surface area contributed by atoms with E-state index in [-0.39, 0.29) is 6.61 Å². The summed E-state index contributed by atoms with van der Waals surface area (Å²) in [6.07, 6.45) is 1.70. The molecule has 2 nitrogen and oxygen atoms in total. The van der Waals surface area contributed by atoms with Crippen molar-refractivity contribution in [3.8, 4) is 5.75 Å². The number of benzene rings is 2. The van der Waals surface area contributed by atoms with Gasteiger partial charge in [0, 0.05) is 6.61 Å². The second kappa shape index (κ2) is 5.69. The highest BCUT2D eigenvalue weighted by atomic mass is 16.5. The highest BCUT2D eigenvalue weighted by Gasteiger charge is 2.02. The Hall–Kier alpha value is -1.54. The quantitative estimate of drug-likeness (QED) is 0.855. The van der Waals surface area contributed by atoms with E-state index in [4.69, 9.17) is 9.84 Å². The first-order chi connectivity index (χ1) is 8.35. The summed E-state index contributed by atoms with van der Waals surface area (Å²) in [5.74, 6) is 0.907. The molecule has 0 fully saturated rings. The third kappa shape index (κ3) is 2.77. The van der Waals surface area contributed by atoms with Crippen LogP contribution in [-0.2, 0) is 6.42 Å². The number of rotatable bonds is 5. The smallest absolute Gasteiger partial charge is 0.119 e. The lowest BCUT2D eigenvalue weighted by Crippen LogP contribution is -1.96. The van der Waals surface area contributed by atoms with E-state index in [0.29, 0.717) is 6.42 Å². The molecular weight excluding hydrogens is 212 g/mol. The largest absolute Gasteiger partial charge is 0.494 e. The Bertz CT molecular complexity index is 491. The summed E-state index contributed by atoms with van der Waals surface area (Å²) in [7, 11) is 0. The highest BCUT2D eigenvalue weighted by Crippen LogP contribution is 2.24. The summed E-state index contributed by atoms with van der Waals surface area (Å²) >= 11 is 0. The normalized spacial score (nSPS) is 10.7. The lowest BCUT2D eigenvalue weighted by atomic mass is 10.0. The molecule has 0 saturated carbocycles. The molecular formula is C15H18O2. The Morgan fingerprint density at radius 2 is 2.06 bits per heavy atom. The van der Waals surface area contributed by atoms with Crippen LogP contribution >= 0.6 is 0 Å². The molecule has 2 rings (SSSR count). The Morgan fingerprint density at radius 3 is 2.82 bits per heavy atom. The van der Waals surface area contributed by atoms with Crippen LogP contribution in [0.15, 0.2) is 36.4 Å². The Kier molecular flexibility index (Phi) is 3.99. The molecule has 0 amide bonds. The van der Waals surface area contributed by atoms with Crippen LogP contribution in [0.3, 0.4) is 0 Å². The Morgan fingerprint density at radius 1 is 1.18 bits per heavy atom.